The summed E-state index contributed by atoms with van der Waals surface area (Å²) < 4.78 is 34.5. The van der Waals surface area contributed by atoms with Gasteiger partial charge in [0.05, 0.1) is 29.4 Å². The van der Waals surface area contributed by atoms with Crippen molar-refractivity contribution in [3.63, 3.8) is 0 Å². The van der Waals surface area contributed by atoms with E-state index in [-0.39, 0.29) is 23.3 Å². The molecular formula is C25H24N4O4S. The van der Waals surface area contributed by atoms with Crippen LogP contribution in [0.1, 0.15) is 29.7 Å². The molecule has 0 unspecified atom stereocenters. The number of amides is 1. The number of ether oxygens (including phenoxy) is 1. The average molecular weight is 477 g/mol. The maximum atomic E-state index is 13.8. The number of anilines is 1. The summed E-state index contributed by atoms with van der Waals surface area (Å²) in [5.41, 5.74) is 3.63. The molecule has 8 nitrogen and oxygen atoms in total. The third kappa shape index (κ3) is 3.52. The molecule has 0 radical (unpaired) electrons. The van der Waals surface area contributed by atoms with Crippen molar-refractivity contribution in [2.75, 3.05) is 18.0 Å². The lowest BCUT2D eigenvalue weighted by Gasteiger charge is -2.36. The lowest BCUT2D eigenvalue weighted by Crippen LogP contribution is -2.44. The van der Waals surface area contributed by atoms with Crippen molar-refractivity contribution in [1.82, 2.24) is 9.99 Å². The van der Waals surface area contributed by atoms with Gasteiger partial charge in [-0.15, -0.1) is 0 Å². The number of hydrogen-bond acceptors (Lipinski definition) is 6. The smallest absolute Gasteiger partial charge is 0.264 e. The molecule has 9 heteroatoms. The zero-order valence-corrected chi connectivity index (χ0v) is 19.9. The fourth-order valence-corrected chi connectivity index (χ4v) is 6.13. The molecule has 0 saturated carbocycles. The topological polar surface area (TPSA) is 92.2 Å². The summed E-state index contributed by atoms with van der Waals surface area (Å²) in [4.78, 5) is 16.9. The minimum absolute atomic E-state index is 0.144. The summed E-state index contributed by atoms with van der Waals surface area (Å²) in [5, 5.41) is 6.13. The van der Waals surface area contributed by atoms with Crippen LogP contribution in [0.3, 0.4) is 0 Å². The van der Waals surface area contributed by atoms with E-state index in [4.69, 9.17) is 4.74 Å². The number of carbonyl (C=O) groups excluding carboxylic acids is 1. The third-order valence-electron chi connectivity index (χ3n) is 6.30. The van der Waals surface area contributed by atoms with Gasteiger partial charge in [-0.25, -0.2) is 13.4 Å². The number of rotatable bonds is 4. The number of carbonyl (C=O) groups is 1. The number of sulfonamides is 1. The van der Waals surface area contributed by atoms with E-state index in [0.717, 1.165) is 11.1 Å². The lowest BCUT2D eigenvalue weighted by molar-refractivity contribution is -0.131. The van der Waals surface area contributed by atoms with Crippen LogP contribution in [0.4, 0.5) is 5.69 Å². The molecule has 0 saturated heterocycles. The third-order valence-corrected chi connectivity index (χ3v) is 8.10. The molecule has 3 aromatic rings. The van der Waals surface area contributed by atoms with Crippen LogP contribution in [0.2, 0.25) is 0 Å². The Morgan fingerprint density at radius 1 is 1.06 bits per heavy atom. The fraction of sp³-hybridized carbons (Fsp3) is 0.240. The van der Waals surface area contributed by atoms with E-state index in [1.165, 1.54) is 16.2 Å². The summed E-state index contributed by atoms with van der Waals surface area (Å²) in [6, 6.07) is 15.3. The van der Waals surface area contributed by atoms with Gasteiger partial charge in [0.15, 0.2) is 0 Å². The molecule has 5 rings (SSSR count). The molecule has 34 heavy (non-hydrogen) atoms. The zero-order valence-electron chi connectivity index (χ0n) is 19.0. The first-order valence-corrected chi connectivity index (χ1v) is 12.3. The van der Waals surface area contributed by atoms with Gasteiger partial charge in [0, 0.05) is 37.3 Å². The van der Waals surface area contributed by atoms with E-state index in [0.29, 0.717) is 22.7 Å². The van der Waals surface area contributed by atoms with E-state index >= 15 is 0 Å². The van der Waals surface area contributed by atoms with E-state index in [9.17, 15) is 13.2 Å². The van der Waals surface area contributed by atoms with Crippen LogP contribution < -0.4 is 9.04 Å². The lowest BCUT2D eigenvalue weighted by atomic mass is 9.84. The van der Waals surface area contributed by atoms with Crippen molar-refractivity contribution in [3.8, 4) is 5.75 Å². The minimum Gasteiger partial charge on any atom is -0.497 e. The largest absolute Gasteiger partial charge is 0.497 e. The second-order valence-corrected chi connectivity index (χ2v) is 10.3. The van der Waals surface area contributed by atoms with Gasteiger partial charge in [0.2, 0.25) is 5.91 Å². The highest BCUT2D eigenvalue weighted by Crippen LogP contribution is 2.45. The Kier molecular flexibility index (Phi) is 5.36. The molecule has 2 atom stereocenters. The van der Waals surface area contributed by atoms with Gasteiger partial charge in [0.1, 0.15) is 5.75 Å². The molecule has 0 N–H and O–H groups in total. The predicted molar refractivity (Wildman–Crippen MR) is 128 cm³/mol. The molecule has 2 aliphatic heterocycles. The van der Waals surface area contributed by atoms with E-state index < -0.39 is 16.1 Å². The Balaban J connectivity index is 1.69. The van der Waals surface area contributed by atoms with E-state index in [1.807, 2.05) is 19.1 Å². The molecule has 174 valence electrons. The summed E-state index contributed by atoms with van der Waals surface area (Å²) in [6.45, 7) is 3.52. The molecular weight excluding hydrogens is 452 g/mol. The first-order chi connectivity index (χ1) is 16.3. The van der Waals surface area contributed by atoms with Crippen LogP contribution in [-0.2, 0) is 14.8 Å². The Hall–Kier alpha value is -3.72. The van der Waals surface area contributed by atoms with Crippen LogP contribution in [0.15, 0.2) is 77.0 Å². The number of hydrogen-bond donors (Lipinski definition) is 0. The Morgan fingerprint density at radius 2 is 1.76 bits per heavy atom. The van der Waals surface area contributed by atoms with Crippen LogP contribution in [0.25, 0.3) is 0 Å². The van der Waals surface area contributed by atoms with Gasteiger partial charge in [-0.2, -0.15) is 5.10 Å². The molecule has 3 heterocycles. The number of pyridine rings is 1. The Labute approximate surface area is 198 Å². The molecule has 0 spiro atoms. The standard InChI is InChI=1S/C25H24N4O4S/c1-16-4-7-20(8-5-16)34(31,32)28-15-22-24(21-14-19(33-3)6-9-23(21)28)27-29(17(2)30)25(22)18-10-12-26-13-11-18/h4-14,22,25H,15H2,1-3H3/t22-,25-/m0/s1. The van der Waals surface area contributed by atoms with Gasteiger partial charge in [-0.1, -0.05) is 17.7 Å². The van der Waals surface area contributed by atoms with E-state index in [1.54, 1.807) is 62.0 Å². The van der Waals surface area contributed by atoms with Crippen LogP contribution >= 0.6 is 0 Å². The zero-order chi connectivity index (χ0) is 24.0. The van der Waals surface area contributed by atoms with Crippen molar-refractivity contribution >= 4 is 27.3 Å². The van der Waals surface area contributed by atoms with Crippen LogP contribution in [-0.4, -0.2) is 43.7 Å². The average Bonchev–Trinajstić information content (AvgIpc) is 3.24. The number of benzene rings is 2. The normalized spacial score (nSPS) is 19.3. The van der Waals surface area contributed by atoms with Crippen molar-refractivity contribution < 1.29 is 17.9 Å². The van der Waals surface area contributed by atoms with Crippen molar-refractivity contribution in [2.24, 2.45) is 11.0 Å². The van der Waals surface area contributed by atoms with Crippen molar-refractivity contribution in [1.29, 1.82) is 0 Å². The predicted octanol–water partition coefficient (Wildman–Crippen LogP) is 3.53. The first-order valence-electron chi connectivity index (χ1n) is 10.9. The molecule has 0 fully saturated rings. The van der Waals surface area contributed by atoms with Crippen LogP contribution in [0, 0.1) is 12.8 Å². The monoisotopic (exact) mass is 476 g/mol. The second-order valence-electron chi connectivity index (χ2n) is 8.41. The number of aromatic nitrogens is 1. The number of aryl methyl sites for hydroxylation is 1. The SMILES string of the molecule is COc1ccc2c(c1)C1=NN(C(C)=O)[C@@H](c3ccncc3)[C@H]1CN2S(=O)(=O)c1ccc(C)cc1. The van der Waals surface area contributed by atoms with Gasteiger partial charge >= 0.3 is 0 Å². The summed E-state index contributed by atoms with van der Waals surface area (Å²) in [7, 11) is -2.32. The Bertz CT molecular complexity index is 1390. The Morgan fingerprint density at radius 3 is 2.41 bits per heavy atom. The molecule has 1 aromatic heterocycles. The van der Waals surface area contributed by atoms with E-state index in [2.05, 4.69) is 10.1 Å². The number of hydrazone groups is 1. The quantitative estimate of drug-likeness (QED) is 0.574. The molecule has 0 bridgehead atoms. The van der Waals surface area contributed by atoms with Gasteiger partial charge in [0.25, 0.3) is 10.0 Å². The minimum atomic E-state index is -3.87. The summed E-state index contributed by atoms with van der Waals surface area (Å²) in [6.07, 6.45) is 3.32. The second kappa shape index (κ2) is 8.25. The van der Waals surface area contributed by atoms with Gasteiger partial charge in [-0.05, 0) is 55.0 Å². The first kappa shape index (κ1) is 22.1. The highest BCUT2D eigenvalue weighted by molar-refractivity contribution is 7.92. The van der Waals surface area contributed by atoms with Gasteiger partial charge in [-0.3, -0.25) is 14.1 Å². The van der Waals surface area contributed by atoms with Crippen molar-refractivity contribution in [2.45, 2.75) is 24.8 Å². The summed E-state index contributed by atoms with van der Waals surface area (Å²) >= 11 is 0. The number of methoxy groups -OCH3 is 1. The molecule has 0 aliphatic carbocycles. The maximum Gasteiger partial charge on any atom is 0.264 e. The number of nitrogens with zero attached hydrogens (tertiary/aromatic N) is 4. The maximum absolute atomic E-state index is 13.8. The molecule has 1 amide bonds. The molecule has 2 aliphatic rings. The van der Waals surface area contributed by atoms with Crippen LogP contribution in [0.5, 0.6) is 5.75 Å². The van der Waals surface area contributed by atoms with Gasteiger partial charge < -0.3 is 4.74 Å². The van der Waals surface area contributed by atoms with Crippen molar-refractivity contribution in [3.05, 3.63) is 83.7 Å². The number of fused-ring (bicyclic) bond motifs is 3. The fourth-order valence-electron chi connectivity index (χ4n) is 4.62. The highest BCUT2D eigenvalue weighted by atomic mass is 32.2. The molecule has 2 aromatic carbocycles. The highest BCUT2D eigenvalue weighted by Gasteiger charge is 2.47. The summed E-state index contributed by atoms with van der Waals surface area (Å²) in [5.74, 6) is -0.0104.